The second kappa shape index (κ2) is 5.89. The van der Waals surface area contributed by atoms with E-state index in [4.69, 9.17) is 5.73 Å². The number of hydrogen-bond donors (Lipinski definition) is 1. The van der Waals surface area contributed by atoms with Crippen LogP contribution in [0, 0.1) is 11.8 Å². The first-order valence-corrected chi connectivity index (χ1v) is 8.18. The molecule has 1 heteroatoms. The first-order chi connectivity index (χ1) is 9.32. The van der Waals surface area contributed by atoms with Crippen molar-refractivity contribution in [3.63, 3.8) is 0 Å². The molecule has 0 bridgehead atoms. The zero-order valence-electron chi connectivity index (χ0n) is 13.8. The average molecular weight is 273 g/mol. The monoisotopic (exact) mass is 273 g/mol. The van der Waals surface area contributed by atoms with Crippen molar-refractivity contribution >= 4 is 0 Å². The lowest BCUT2D eigenvalue weighted by molar-refractivity contribution is 0.171. The fourth-order valence-electron chi connectivity index (χ4n) is 3.83. The molecule has 0 heterocycles. The highest BCUT2D eigenvalue weighted by Gasteiger charge is 2.38. The van der Waals surface area contributed by atoms with Crippen LogP contribution in [0.3, 0.4) is 0 Å². The van der Waals surface area contributed by atoms with Crippen molar-refractivity contribution in [2.75, 3.05) is 0 Å². The molecule has 1 fully saturated rings. The highest BCUT2D eigenvalue weighted by atomic mass is 14.7. The Bertz CT molecular complexity index is 430. The van der Waals surface area contributed by atoms with Gasteiger partial charge < -0.3 is 5.73 Å². The second-order valence-corrected chi connectivity index (χ2v) is 7.69. The van der Waals surface area contributed by atoms with E-state index in [0.29, 0.717) is 17.9 Å². The minimum atomic E-state index is 0.176. The molecule has 0 saturated heterocycles. The largest absolute Gasteiger partial charge is 0.327 e. The zero-order chi connectivity index (χ0) is 14.9. The minimum Gasteiger partial charge on any atom is -0.327 e. The summed E-state index contributed by atoms with van der Waals surface area (Å²) in [6.07, 6.45) is 3.77. The Morgan fingerprint density at radius 2 is 1.70 bits per heavy atom. The van der Waals surface area contributed by atoms with Crippen molar-refractivity contribution in [3.8, 4) is 0 Å². The molecule has 20 heavy (non-hydrogen) atoms. The molecule has 3 atom stereocenters. The molecule has 1 aliphatic rings. The van der Waals surface area contributed by atoms with E-state index in [1.54, 1.807) is 0 Å². The van der Waals surface area contributed by atoms with E-state index in [-0.39, 0.29) is 5.41 Å². The normalized spacial score (nSPS) is 27.9. The zero-order valence-corrected chi connectivity index (χ0v) is 13.8. The molecule has 1 saturated carbocycles. The Balaban J connectivity index is 2.20. The Morgan fingerprint density at radius 3 is 2.20 bits per heavy atom. The summed E-state index contributed by atoms with van der Waals surface area (Å²) in [5, 5.41) is 0. The van der Waals surface area contributed by atoms with Crippen LogP contribution in [0.4, 0.5) is 0 Å². The van der Waals surface area contributed by atoms with Crippen LogP contribution >= 0.6 is 0 Å². The summed E-state index contributed by atoms with van der Waals surface area (Å²) in [7, 11) is 0. The Labute approximate surface area is 125 Å². The smallest absolute Gasteiger partial charge is 0.00780 e. The fourth-order valence-corrected chi connectivity index (χ4v) is 3.83. The van der Waals surface area contributed by atoms with Crippen LogP contribution in [-0.2, 0) is 5.41 Å². The predicted molar refractivity (Wildman–Crippen MR) is 88.0 cm³/mol. The maximum Gasteiger partial charge on any atom is 0.00780 e. The number of nitrogens with two attached hydrogens (primary N) is 1. The summed E-state index contributed by atoms with van der Waals surface area (Å²) in [6, 6.07) is 9.57. The topological polar surface area (TPSA) is 26.0 Å². The van der Waals surface area contributed by atoms with Gasteiger partial charge in [-0.15, -0.1) is 0 Å². The van der Waals surface area contributed by atoms with Crippen molar-refractivity contribution in [2.24, 2.45) is 17.6 Å². The molecule has 3 unspecified atom stereocenters. The average Bonchev–Trinajstić information content (AvgIpc) is 2.38. The van der Waals surface area contributed by atoms with Crippen LogP contribution in [0.1, 0.15) is 70.9 Å². The van der Waals surface area contributed by atoms with Gasteiger partial charge in [-0.3, -0.25) is 0 Å². The number of hydrogen-bond acceptors (Lipinski definition) is 1. The summed E-state index contributed by atoms with van der Waals surface area (Å²) < 4.78 is 0. The van der Waals surface area contributed by atoms with Gasteiger partial charge in [0.1, 0.15) is 0 Å². The lowest BCUT2D eigenvalue weighted by atomic mass is 9.64. The van der Waals surface area contributed by atoms with E-state index >= 15 is 0 Å². The first-order valence-electron chi connectivity index (χ1n) is 8.18. The van der Waals surface area contributed by atoms with Crippen LogP contribution in [-0.4, -0.2) is 6.04 Å². The van der Waals surface area contributed by atoms with E-state index in [2.05, 4.69) is 58.9 Å². The van der Waals surface area contributed by atoms with E-state index < -0.39 is 0 Å². The molecule has 1 aliphatic carbocycles. The highest BCUT2D eigenvalue weighted by molar-refractivity contribution is 5.30. The van der Waals surface area contributed by atoms with Gasteiger partial charge in [0.2, 0.25) is 0 Å². The van der Waals surface area contributed by atoms with Gasteiger partial charge in [-0.1, -0.05) is 65.3 Å². The lowest BCUT2D eigenvalue weighted by Crippen LogP contribution is -2.45. The van der Waals surface area contributed by atoms with Gasteiger partial charge in [-0.25, -0.2) is 0 Å². The van der Waals surface area contributed by atoms with Gasteiger partial charge >= 0.3 is 0 Å². The van der Waals surface area contributed by atoms with Crippen LogP contribution in [0.25, 0.3) is 0 Å². The molecule has 0 aliphatic heterocycles. The maximum absolute atomic E-state index is 6.47. The lowest BCUT2D eigenvalue weighted by Gasteiger charge is -2.43. The van der Waals surface area contributed by atoms with Gasteiger partial charge in [-0.05, 0) is 47.1 Å². The van der Waals surface area contributed by atoms with Gasteiger partial charge in [0, 0.05) is 6.04 Å². The quantitative estimate of drug-likeness (QED) is 0.837. The molecule has 0 radical (unpaired) electrons. The molecule has 0 spiro atoms. The van der Waals surface area contributed by atoms with E-state index in [0.717, 1.165) is 5.92 Å². The first kappa shape index (κ1) is 15.6. The number of benzene rings is 1. The van der Waals surface area contributed by atoms with Crippen molar-refractivity contribution in [1.29, 1.82) is 0 Å². The second-order valence-electron chi connectivity index (χ2n) is 7.69. The van der Waals surface area contributed by atoms with Gasteiger partial charge in [-0.2, -0.15) is 0 Å². The summed E-state index contributed by atoms with van der Waals surface area (Å²) in [5.41, 5.74) is 9.51. The molecule has 1 aromatic carbocycles. The van der Waals surface area contributed by atoms with Crippen LogP contribution < -0.4 is 5.73 Å². The standard InChI is InChI=1S/C19H31N/c1-13(2)15-7-9-16(10-8-15)19(4,5)17-11-6-14(3)12-18(17)20/h7-10,13-14,17-18H,6,11-12,20H2,1-5H3. The van der Waals surface area contributed by atoms with Crippen molar-refractivity contribution < 1.29 is 0 Å². The fraction of sp³-hybridized carbons (Fsp3) is 0.684. The van der Waals surface area contributed by atoms with Crippen LogP contribution in [0.2, 0.25) is 0 Å². The molecule has 2 N–H and O–H groups in total. The van der Waals surface area contributed by atoms with Gasteiger partial charge in [0.15, 0.2) is 0 Å². The molecule has 0 amide bonds. The molecule has 1 nitrogen and oxygen atoms in total. The van der Waals surface area contributed by atoms with Crippen molar-refractivity contribution in [1.82, 2.24) is 0 Å². The summed E-state index contributed by atoms with van der Waals surface area (Å²) in [5.74, 6) is 1.99. The molecule has 1 aromatic rings. The Morgan fingerprint density at radius 1 is 1.10 bits per heavy atom. The Hall–Kier alpha value is -0.820. The molecule has 112 valence electrons. The summed E-state index contributed by atoms with van der Waals surface area (Å²) >= 11 is 0. The summed E-state index contributed by atoms with van der Waals surface area (Å²) in [6.45, 7) is 11.6. The third kappa shape index (κ3) is 3.09. The SMILES string of the molecule is CC1CCC(C(C)(C)c2ccc(C(C)C)cc2)C(N)C1. The molecular weight excluding hydrogens is 242 g/mol. The number of rotatable bonds is 3. The Kier molecular flexibility index (Phi) is 4.59. The van der Waals surface area contributed by atoms with E-state index in [9.17, 15) is 0 Å². The summed E-state index contributed by atoms with van der Waals surface area (Å²) in [4.78, 5) is 0. The molecule has 0 aromatic heterocycles. The third-order valence-electron chi connectivity index (χ3n) is 5.41. The highest BCUT2D eigenvalue weighted by Crippen LogP contribution is 2.41. The van der Waals surface area contributed by atoms with Crippen molar-refractivity contribution in [2.45, 2.75) is 71.3 Å². The molecular formula is C19H31N. The van der Waals surface area contributed by atoms with Crippen LogP contribution in [0.15, 0.2) is 24.3 Å². The van der Waals surface area contributed by atoms with E-state index in [1.165, 1.54) is 30.4 Å². The van der Waals surface area contributed by atoms with Crippen molar-refractivity contribution in [3.05, 3.63) is 35.4 Å². The minimum absolute atomic E-state index is 0.176. The predicted octanol–water partition coefficient (Wildman–Crippen LogP) is 4.85. The van der Waals surface area contributed by atoms with Crippen LogP contribution in [0.5, 0.6) is 0 Å². The molecule has 2 rings (SSSR count). The van der Waals surface area contributed by atoms with E-state index in [1.807, 2.05) is 0 Å². The third-order valence-corrected chi connectivity index (χ3v) is 5.41. The van der Waals surface area contributed by atoms with Gasteiger partial charge in [0.25, 0.3) is 0 Å². The maximum atomic E-state index is 6.47. The van der Waals surface area contributed by atoms with Gasteiger partial charge in [0.05, 0.1) is 0 Å².